The van der Waals surface area contributed by atoms with E-state index in [0.29, 0.717) is 32.2 Å². The van der Waals surface area contributed by atoms with Crippen molar-refractivity contribution in [2.24, 2.45) is 0 Å². The fourth-order valence-electron chi connectivity index (χ4n) is 5.91. The van der Waals surface area contributed by atoms with Crippen LogP contribution in [-0.2, 0) is 17.8 Å². The smallest absolute Gasteiger partial charge is 0.318 e. The maximum atomic E-state index is 12.3. The third kappa shape index (κ3) is 7.98. The lowest BCUT2D eigenvalue weighted by Gasteiger charge is -2.42. The minimum absolute atomic E-state index is 0.147. The zero-order valence-corrected chi connectivity index (χ0v) is 27.2. The monoisotopic (exact) mass is 616 g/mol. The van der Waals surface area contributed by atoms with Crippen LogP contribution in [0.2, 0.25) is 0 Å². The third-order valence-corrected chi connectivity index (χ3v) is 8.09. The number of hydrogen-bond acceptors (Lipinski definition) is 10. The number of aromatic nitrogens is 3. The molecule has 2 aromatic heterocycles. The maximum Gasteiger partial charge on any atom is 0.318 e. The fourth-order valence-corrected chi connectivity index (χ4v) is 5.91. The molecule has 234 valence electrons. The standard InChI is InChI=1S/C26H27N7O2.C5H11N.C2H6S/c1-3-24(34)33-13-12-32(16-19(33)8-10-27)25-21-9-11-31(17-22(21)29-26(30-25)35-2)23-15-28-14-18-6-4-5-7-20(18)23;1-6-4-2-3-5-6;1-3-2/h3-7,14-15,19H,1,8-9,11-13,16-17H2,2H3;2-5H2,1H3;1-2H3. The van der Waals surface area contributed by atoms with Crippen LogP contribution in [0.25, 0.3) is 10.8 Å². The number of pyridine rings is 1. The van der Waals surface area contributed by atoms with Crippen molar-refractivity contribution in [2.75, 3.05) is 75.7 Å². The van der Waals surface area contributed by atoms with E-state index in [-0.39, 0.29) is 18.4 Å². The van der Waals surface area contributed by atoms with Gasteiger partial charge in [0, 0.05) is 48.7 Å². The van der Waals surface area contributed by atoms with Crippen LogP contribution in [0.15, 0.2) is 49.3 Å². The summed E-state index contributed by atoms with van der Waals surface area (Å²) < 4.78 is 5.46. The number of amides is 1. The van der Waals surface area contributed by atoms with Gasteiger partial charge in [0.25, 0.3) is 0 Å². The summed E-state index contributed by atoms with van der Waals surface area (Å²) in [6, 6.07) is 10.6. The Bertz CT molecular complexity index is 1450. The average molecular weight is 617 g/mol. The molecule has 1 unspecified atom stereocenters. The highest BCUT2D eigenvalue weighted by Crippen LogP contribution is 2.34. The van der Waals surface area contributed by atoms with Gasteiger partial charge in [-0.3, -0.25) is 9.78 Å². The molecule has 2 saturated heterocycles. The maximum absolute atomic E-state index is 12.3. The summed E-state index contributed by atoms with van der Waals surface area (Å²) in [5.41, 5.74) is 3.10. The van der Waals surface area contributed by atoms with Gasteiger partial charge in [0.2, 0.25) is 5.91 Å². The lowest BCUT2D eigenvalue weighted by Crippen LogP contribution is -2.55. The minimum Gasteiger partial charge on any atom is -0.467 e. The van der Waals surface area contributed by atoms with Crippen molar-refractivity contribution < 1.29 is 9.53 Å². The second-order valence-corrected chi connectivity index (χ2v) is 11.9. The van der Waals surface area contributed by atoms with Crippen molar-refractivity contribution in [1.29, 1.82) is 5.26 Å². The predicted molar refractivity (Wildman–Crippen MR) is 179 cm³/mol. The molecule has 44 heavy (non-hydrogen) atoms. The number of benzene rings is 1. The first-order chi connectivity index (χ1) is 21.4. The Morgan fingerprint density at radius 3 is 2.52 bits per heavy atom. The van der Waals surface area contributed by atoms with E-state index >= 15 is 0 Å². The van der Waals surface area contributed by atoms with Crippen LogP contribution in [-0.4, -0.2) is 103 Å². The Hall–Kier alpha value is -3.88. The molecular formula is C33H44N8O2S. The average Bonchev–Trinajstić information content (AvgIpc) is 3.55. The molecular weight excluding hydrogens is 572 g/mol. The number of carbonyl (C=O) groups excluding carboxylic acids is 1. The topological polar surface area (TPSA) is 102 Å². The van der Waals surface area contributed by atoms with E-state index in [0.717, 1.165) is 46.5 Å². The Labute approximate surface area is 265 Å². The second kappa shape index (κ2) is 16.3. The molecule has 0 N–H and O–H groups in total. The molecule has 1 amide bonds. The molecule has 0 radical (unpaired) electrons. The summed E-state index contributed by atoms with van der Waals surface area (Å²) in [5.74, 6) is 0.683. The van der Waals surface area contributed by atoms with Gasteiger partial charge in [0.05, 0.1) is 49.8 Å². The van der Waals surface area contributed by atoms with Gasteiger partial charge >= 0.3 is 6.01 Å². The first-order valence-electron chi connectivity index (χ1n) is 15.1. The van der Waals surface area contributed by atoms with Crippen LogP contribution in [0.1, 0.15) is 30.5 Å². The number of anilines is 2. The summed E-state index contributed by atoms with van der Waals surface area (Å²) in [6.07, 6.45) is 13.0. The molecule has 0 spiro atoms. The third-order valence-electron chi connectivity index (χ3n) is 8.09. The van der Waals surface area contributed by atoms with Crippen molar-refractivity contribution in [3.63, 3.8) is 0 Å². The first-order valence-corrected chi connectivity index (χ1v) is 16.7. The molecule has 5 heterocycles. The first kappa shape index (κ1) is 33.0. The molecule has 2 fully saturated rings. The van der Waals surface area contributed by atoms with Crippen LogP contribution in [0.4, 0.5) is 11.5 Å². The van der Waals surface area contributed by atoms with Crippen LogP contribution < -0.4 is 14.5 Å². The second-order valence-electron chi connectivity index (χ2n) is 11.1. The van der Waals surface area contributed by atoms with Crippen LogP contribution in [0.5, 0.6) is 6.01 Å². The van der Waals surface area contributed by atoms with Gasteiger partial charge in [0.1, 0.15) is 5.82 Å². The minimum atomic E-state index is -0.224. The Balaban J connectivity index is 0.000000427. The zero-order valence-electron chi connectivity index (χ0n) is 26.4. The molecule has 1 aromatic carbocycles. The number of nitrogens with zero attached hydrogens (tertiary/aromatic N) is 8. The molecule has 0 saturated carbocycles. The summed E-state index contributed by atoms with van der Waals surface area (Å²) in [7, 11) is 3.74. The molecule has 11 heteroatoms. The van der Waals surface area contributed by atoms with Crippen molar-refractivity contribution in [2.45, 2.75) is 38.3 Å². The van der Waals surface area contributed by atoms with Gasteiger partial charge in [-0.05, 0) is 58.0 Å². The highest BCUT2D eigenvalue weighted by atomic mass is 32.2. The number of methoxy groups -OCH3 is 1. The van der Waals surface area contributed by atoms with E-state index in [1.165, 1.54) is 32.0 Å². The van der Waals surface area contributed by atoms with Crippen molar-refractivity contribution in [1.82, 2.24) is 24.8 Å². The lowest BCUT2D eigenvalue weighted by molar-refractivity contribution is -0.128. The van der Waals surface area contributed by atoms with Crippen LogP contribution in [0.3, 0.4) is 0 Å². The van der Waals surface area contributed by atoms with Gasteiger partial charge in [-0.25, -0.2) is 0 Å². The van der Waals surface area contributed by atoms with Crippen LogP contribution in [0, 0.1) is 11.3 Å². The number of rotatable bonds is 5. The van der Waals surface area contributed by atoms with Gasteiger partial charge in [0.15, 0.2) is 0 Å². The number of ether oxygens (including phenoxy) is 1. The number of thioether (sulfide) groups is 1. The fraction of sp³-hybridized carbons (Fsp3) is 0.485. The van der Waals surface area contributed by atoms with E-state index in [9.17, 15) is 10.1 Å². The summed E-state index contributed by atoms with van der Waals surface area (Å²) in [5, 5.41) is 11.6. The number of hydrogen-bond donors (Lipinski definition) is 0. The van der Waals surface area contributed by atoms with Gasteiger partial charge in [-0.15, -0.1) is 0 Å². The molecule has 3 aromatic rings. The Morgan fingerprint density at radius 1 is 1.11 bits per heavy atom. The summed E-state index contributed by atoms with van der Waals surface area (Å²) >= 11 is 1.75. The van der Waals surface area contributed by atoms with Crippen molar-refractivity contribution >= 4 is 39.9 Å². The van der Waals surface area contributed by atoms with E-state index in [2.05, 4.69) is 51.5 Å². The van der Waals surface area contributed by atoms with Crippen LogP contribution >= 0.6 is 11.8 Å². The molecule has 6 rings (SSSR count). The van der Waals surface area contributed by atoms with Gasteiger partial charge in [-0.2, -0.15) is 27.0 Å². The molecule has 0 bridgehead atoms. The number of fused-ring (bicyclic) bond motifs is 2. The number of piperazine rings is 1. The largest absolute Gasteiger partial charge is 0.467 e. The van der Waals surface area contributed by atoms with E-state index in [1.807, 2.05) is 37.0 Å². The van der Waals surface area contributed by atoms with E-state index < -0.39 is 0 Å². The molecule has 1 atom stereocenters. The quantitative estimate of drug-likeness (QED) is 0.383. The van der Waals surface area contributed by atoms with E-state index in [4.69, 9.17) is 14.7 Å². The summed E-state index contributed by atoms with van der Waals surface area (Å²) in [4.78, 5) is 34.7. The SMILES string of the molecule is C=CC(=O)N1CCN(c2nc(OC)nc3c2CCN(c2cncc4ccccc24)C3)CC1CC#N.CN1CCCC1.CSC. The number of likely N-dealkylation sites (tertiary alicyclic amines) is 1. The Kier molecular flexibility index (Phi) is 12.2. The molecule has 3 aliphatic heterocycles. The highest BCUT2D eigenvalue weighted by molar-refractivity contribution is 7.97. The summed E-state index contributed by atoms with van der Waals surface area (Å²) in [6.45, 7) is 9.32. The Morgan fingerprint density at radius 2 is 1.86 bits per heavy atom. The predicted octanol–water partition coefficient (Wildman–Crippen LogP) is 4.40. The van der Waals surface area contributed by atoms with E-state index in [1.54, 1.807) is 23.8 Å². The van der Waals surface area contributed by atoms with Crippen molar-refractivity contribution in [3.05, 3.63) is 60.6 Å². The lowest BCUT2D eigenvalue weighted by atomic mass is 10.0. The van der Waals surface area contributed by atoms with Crippen molar-refractivity contribution in [3.8, 4) is 12.1 Å². The highest BCUT2D eigenvalue weighted by Gasteiger charge is 2.33. The van der Waals surface area contributed by atoms with Gasteiger partial charge in [-0.1, -0.05) is 30.8 Å². The number of nitriles is 1. The molecule has 3 aliphatic rings. The molecule has 10 nitrogen and oxygen atoms in total. The zero-order chi connectivity index (χ0) is 31.5. The number of carbonyl (C=O) groups is 1. The van der Waals surface area contributed by atoms with Gasteiger partial charge < -0.3 is 24.3 Å². The molecule has 0 aliphatic carbocycles. The normalized spacial score (nSPS) is 17.9.